The molecule has 196 valence electrons. The van der Waals surface area contributed by atoms with E-state index in [0.717, 1.165) is 59.5 Å². The van der Waals surface area contributed by atoms with Crippen LogP contribution in [0.2, 0.25) is 0 Å². The van der Waals surface area contributed by atoms with Crippen LogP contribution < -0.4 is 15.8 Å². The minimum atomic E-state index is -0.616. The summed E-state index contributed by atoms with van der Waals surface area (Å²) in [6.07, 6.45) is 0. The highest BCUT2D eigenvalue weighted by Crippen LogP contribution is 2.32. The Bertz CT molecular complexity index is 1710. The number of piperazine rings is 1. The lowest BCUT2D eigenvalue weighted by atomic mass is 10.0. The second-order valence-electron chi connectivity index (χ2n) is 9.58. The summed E-state index contributed by atoms with van der Waals surface area (Å²) in [5.41, 5.74) is 3.53. The van der Waals surface area contributed by atoms with Crippen LogP contribution in [0.4, 0.5) is 5.13 Å². The van der Waals surface area contributed by atoms with Crippen LogP contribution in [-0.2, 0) is 0 Å². The number of aromatic nitrogens is 1. The molecular weight excluding hydrogens is 520 g/mol. The number of amides is 1. The van der Waals surface area contributed by atoms with Gasteiger partial charge in [-0.05, 0) is 53.9 Å². The molecule has 9 heteroatoms. The Labute approximate surface area is 230 Å². The molecule has 1 aliphatic heterocycles. The van der Waals surface area contributed by atoms with E-state index in [-0.39, 0.29) is 18.0 Å². The summed E-state index contributed by atoms with van der Waals surface area (Å²) < 4.78 is 6.70. The van der Waals surface area contributed by atoms with Gasteiger partial charge < -0.3 is 14.6 Å². The normalized spacial score (nSPS) is 14.2. The number of thiazole rings is 1. The zero-order chi connectivity index (χ0) is 25.5. The van der Waals surface area contributed by atoms with Crippen LogP contribution in [-0.4, -0.2) is 55.1 Å². The zero-order valence-corrected chi connectivity index (χ0v) is 23.0. The van der Waals surface area contributed by atoms with E-state index < -0.39 is 11.5 Å². The van der Waals surface area contributed by atoms with Gasteiger partial charge in [0.1, 0.15) is 11.1 Å². The number of nitrogens with one attached hydrogen (secondary N) is 1. The van der Waals surface area contributed by atoms with Crippen molar-refractivity contribution >= 4 is 66.7 Å². The van der Waals surface area contributed by atoms with Gasteiger partial charge in [0.05, 0.1) is 10.2 Å². The van der Waals surface area contributed by atoms with Crippen LogP contribution in [0.25, 0.3) is 32.0 Å². The second-order valence-corrected chi connectivity index (χ2v) is 10.6. The molecule has 0 radical (unpaired) electrons. The van der Waals surface area contributed by atoms with E-state index in [1.54, 1.807) is 23.5 Å². The predicted octanol–water partition coefficient (Wildman–Crippen LogP) is 5.15. The summed E-state index contributed by atoms with van der Waals surface area (Å²) in [5, 5.41) is 6.73. The molecule has 1 N–H and O–H groups in total. The Morgan fingerprint density at radius 2 is 1.82 bits per heavy atom. The number of fused-ring (bicyclic) bond motifs is 4. The number of hydrogen-bond donors (Lipinski definition) is 1. The largest absolute Gasteiger partial charge is 0.422 e. The lowest BCUT2D eigenvalue weighted by Gasteiger charge is -2.34. The number of carbonyl (C=O) groups excluding carboxylic acids is 1. The summed E-state index contributed by atoms with van der Waals surface area (Å²) in [6, 6.07) is 17.5. The van der Waals surface area contributed by atoms with E-state index in [9.17, 15) is 9.59 Å². The molecule has 2 aromatic heterocycles. The Morgan fingerprint density at radius 3 is 2.63 bits per heavy atom. The van der Waals surface area contributed by atoms with Crippen molar-refractivity contribution < 1.29 is 9.21 Å². The van der Waals surface area contributed by atoms with Crippen LogP contribution in [0.3, 0.4) is 0 Å². The molecule has 0 unspecified atom stereocenters. The number of aryl methyl sites for hydroxylation is 2. The summed E-state index contributed by atoms with van der Waals surface area (Å²) in [5.74, 6) is -0.401. The monoisotopic (exact) mass is 548 g/mol. The maximum atomic E-state index is 12.9. The summed E-state index contributed by atoms with van der Waals surface area (Å²) in [4.78, 5) is 35.0. The Hall–Kier alpha value is -3.46. The Balaban J connectivity index is 0.00000294. The number of benzene rings is 3. The van der Waals surface area contributed by atoms with Crippen molar-refractivity contribution in [1.29, 1.82) is 0 Å². The zero-order valence-electron chi connectivity index (χ0n) is 21.3. The van der Waals surface area contributed by atoms with Gasteiger partial charge in [-0.2, -0.15) is 0 Å². The number of halogens is 1. The Morgan fingerprint density at radius 1 is 1.03 bits per heavy atom. The molecule has 1 saturated heterocycles. The summed E-state index contributed by atoms with van der Waals surface area (Å²) in [7, 11) is 0. The van der Waals surface area contributed by atoms with Crippen LogP contribution >= 0.6 is 23.7 Å². The highest BCUT2D eigenvalue weighted by atomic mass is 35.5. The van der Waals surface area contributed by atoms with Crippen molar-refractivity contribution in [3.05, 3.63) is 81.7 Å². The maximum absolute atomic E-state index is 12.9. The molecule has 38 heavy (non-hydrogen) atoms. The number of anilines is 1. The van der Waals surface area contributed by atoms with Crippen molar-refractivity contribution in [2.24, 2.45) is 0 Å². The first-order valence-electron chi connectivity index (χ1n) is 12.6. The highest BCUT2D eigenvalue weighted by molar-refractivity contribution is 7.22. The van der Waals surface area contributed by atoms with Gasteiger partial charge in [-0.15, -0.1) is 12.4 Å². The van der Waals surface area contributed by atoms with Crippen molar-refractivity contribution in [3.63, 3.8) is 0 Å². The molecule has 5 aromatic rings. The first kappa shape index (κ1) is 26.2. The number of hydrogen-bond acceptors (Lipinski definition) is 7. The standard InChI is InChI=1S/C29H28N4O3S.ClH/c1-18-7-10-25-26(19(18)2)31-29(37-25)33-15-13-32(14-16-33)12-11-30-27(34)23-17-22-21-6-4-3-5-20(21)8-9-24(22)36-28(23)35;/h3-10,17H,11-16H2,1-2H3,(H,30,34);1H. The van der Waals surface area contributed by atoms with E-state index in [0.29, 0.717) is 12.1 Å². The Kier molecular flexibility index (Phi) is 7.38. The van der Waals surface area contributed by atoms with Crippen molar-refractivity contribution in [2.45, 2.75) is 13.8 Å². The first-order valence-corrected chi connectivity index (χ1v) is 13.4. The topological polar surface area (TPSA) is 78.7 Å². The fraction of sp³-hybridized carbons (Fsp3) is 0.276. The van der Waals surface area contributed by atoms with Crippen LogP contribution in [0.1, 0.15) is 21.5 Å². The quantitative estimate of drug-likeness (QED) is 0.242. The molecule has 7 nitrogen and oxygen atoms in total. The van der Waals surface area contributed by atoms with Gasteiger partial charge in [0, 0.05) is 44.7 Å². The lowest BCUT2D eigenvalue weighted by Crippen LogP contribution is -2.48. The van der Waals surface area contributed by atoms with Crippen molar-refractivity contribution in [2.75, 3.05) is 44.2 Å². The smallest absolute Gasteiger partial charge is 0.349 e. The third-order valence-electron chi connectivity index (χ3n) is 7.32. The molecule has 6 rings (SSSR count). The number of carbonyl (C=O) groups is 1. The van der Waals surface area contributed by atoms with Gasteiger partial charge in [-0.25, -0.2) is 9.78 Å². The molecule has 0 saturated carbocycles. The van der Waals surface area contributed by atoms with Gasteiger partial charge in [0.2, 0.25) is 0 Å². The molecular formula is C29H29ClN4O3S. The van der Waals surface area contributed by atoms with Gasteiger partial charge in [0.15, 0.2) is 5.13 Å². The molecule has 0 spiro atoms. The second kappa shape index (κ2) is 10.7. The third kappa shape index (κ3) is 4.87. The predicted molar refractivity (Wildman–Crippen MR) is 157 cm³/mol. The maximum Gasteiger partial charge on any atom is 0.349 e. The van der Waals surface area contributed by atoms with E-state index in [1.165, 1.54) is 15.8 Å². The molecule has 1 aliphatic rings. The molecule has 0 atom stereocenters. The minimum absolute atomic E-state index is 0. The van der Waals surface area contributed by atoms with Gasteiger partial charge in [0.25, 0.3) is 5.91 Å². The minimum Gasteiger partial charge on any atom is -0.422 e. The fourth-order valence-corrected chi connectivity index (χ4v) is 6.04. The summed E-state index contributed by atoms with van der Waals surface area (Å²) >= 11 is 1.75. The van der Waals surface area contributed by atoms with Crippen LogP contribution in [0, 0.1) is 13.8 Å². The third-order valence-corrected chi connectivity index (χ3v) is 8.40. The highest BCUT2D eigenvalue weighted by Gasteiger charge is 2.21. The number of rotatable bonds is 5. The molecule has 1 amide bonds. The SMILES string of the molecule is Cc1ccc2sc(N3CCN(CCNC(=O)c4cc5c(ccc6ccccc65)oc4=O)CC3)nc2c1C.Cl. The first-order chi connectivity index (χ1) is 18.0. The van der Waals surface area contributed by atoms with Gasteiger partial charge in [-0.1, -0.05) is 47.7 Å². The van der Waals surface area contributed by atoms with Crippen LogP contribution in [0.15, 0.2) is 63.8 Å². The van der Waals surface area contributed by atoms with E-state index >= 15 is 0 Å². The molecule has 3 heterocycles. The average molecular weight is 549 g/mol. The molecule has 0 aliphatic carbocycles. The van der Waals surface area contributed by atoms with Crippen LogP contribution in [0.5, 0.6) is 0 Å². The van der Waals surface area contributed by atoms with Gasteiger partial charge in [-0.3, -0.25) is 9.69 Å². The van der Waals surface area contributed by atoms with E-state index in [4.69, 9.17) is 9.40 Å². The lowest BCUT2D eigenvalue weighted by molar-refractivity contribution is 0.0944. The number of nitrogens with zero attached hydrogens (tertiary/aromatic N) is 3. The van der Waals surface area contributed by atoms with Crippen molar-refractivity contribution in [3.8, 4) is 0 Å². The average Bonchev–Trinajstić information content (AvgIpc) is 3.36. The molecule has 3 aromatic carbocycles. The molecule has 0 bridgehead atoms. The summed E-state index contributed by atoms with van der Waals surface area (Å²) in [6.45, 7) is 9.03. The fourth-order valence-electron chi connectivity index (χ4n) is 4.96. The van der Waals surface area contributed by atoms with Crippen molar-refractivity contribution in [1.82, 2.24) is 15.2 Å². The van der Waals surface area contributed by atoms with E-state index in [2.05, 4.69) is 41.1 Å². The molecule has 1 fully saturated rings. The van der Waals surface area contributed by atoms with E-state index in [1.807, 2.05) is 30.3 Å². The van der Waals surface area contributed by atoms with Gasteiger partial charge >= 0.3 is 5.63 Å².